The third-order valence-corrected chi connectivity index (χ3v) is 4.38. The van der Waals surface area contributed by atoms with Crippen LogP contribution in [0.2, 0.25) is 0 Å². The third kappa shape index (κ3) is 3.01. The SMILES string of the molecule is Cc1cc(C)cc(-c2nc3cccc(C)c3cc2C(C)(C)C)c1. The van der Waals surface area contributed by atoms with Crippen molar-refractivity contribution in [3.63, 3.8) is 0 Å². The zero-order valence-corrected chi connectivity index (χ0v) is 15.0. The Morgan fingerprint density at radius 2 is 1.48 bits per heavy atom. The topological polar surface area (TPSA) is 12.9 Å². The summed E-state index contributed by atoms with van der Waals surface area (Å²) in [7, 11) is 0. The highest BCUT2D eigenvalue weighted by Gasteiger charge is 2.21. The minimum atomic E-state index is 0.0520. The molecule has 1 heteroatoms. The molecule has 2 aromatic carbocycles. The van der Waals surface area contributed by atoms with Crippen molar-refractivity contribution in [2.24, 2.45) is 0 Å². The molecule has 3 rings (SSSR count). The van der Waals surface area contributed by atoms with Gasteiger partial charge in [0.25, 0.3) is 0 Å². The molecule has 0 saturated heterocycles. The van der Waals surface area contributed by atoms with Crippen LogP contribution in [0.15, 0.2) is 42.5 Å². The summed E-state index contributed by atoms with van der Waals surface area (Å²) in [5.41, 5.74) is 8.62. The Balaban J connectivity index is 2.38. The van der Waals surface area contributed by atoms with E-state index in [0.717, 1.165) is 11.2 Å². The number of hydrogen-bond acceptors (Lipinski definition) is 1. The second kappa shape index (κ2) is 5.49. The lowest BCUT2D eigenvalue weighted by Crippen LogP contribution is -2.14. The molecule has 0 atom stereocenters. The lowest BCUT2D eigenvalue weighted by atomic mass is 9.82. The van der Waals surface area contributed by atoms with Crippen LogP contribution in [0.1, 0.15) is 43.0 Å². The summed E-state index contributed by atoms with van der Waals surface area (Å²) in [5.74, 6) is 0. The predicted octanol–water partition coefficient (Wildman–Crippen LogP) is 6.12. The van der Waals surface area contributed by atoms with Crippen molar-refractivity contribution >= 4 is 10.9 Å². The molecule has 0 aliphatic carbocycles. The Morgan fingerprint density at radius 3 is 2.09 bits per heavy atom. The van der Waals surface area contributed by atoms with E-state index in [1.165, 1.54) is 33.2 Å². The first-order chi connectivity index (χ1) is 10.8. The molecule has 0 aliphatic rings. The van der Waals surface area contributed by atoms with Crippen molar-refractivity contribution in [2.45, 2.75) is 47.0 Å². The zero-order valence-electron chi connectivity index (χ0n) is 15.0. The molecule has 0 amide bonds. The monoisotopic (exact) mass is 303 g/mol. The van der Waals surface area contributed by atoms with Crippen LogP contribution in [0, 0.1) is 20.8 Å². The fourth-order valence-corrected chi connectivity index (χ4v) is 3.25. The Hall–Kier alpha value is -2.15. The quantitative estimate of drug-likeness (QED) is 0.527. The Bertz CT molecular complexity index is 862. The molecule has 0 N–H and O–H groups in total. The van der Waals surface area contributed by atoms with Gasteiger partial charge < -0.3 is 0 Å². The van der Waals surface area contributed by atoms with Crippen LogP contribution < -0.4 is 0 Å². The fraction of sp³-hybridized carbons (Fsp3) is 0.318. The molecular weight excluding hydrogens is 278 g/mol. The number of benzene rings is 2. The van der Waals surface area contributed by atoms with Crippen molar-refractivity contribution in [3.8, 4) is 11.3 Å². The van der Waals surface area contributed by atoms with Gasteiger partial charge in [0.2, 0.25) is 0 Å². The van der Waals surface area contributed by atoms with E-state index < -0.39 is 0 Å². The molecule has 0 radical (unpaired) electrons. The fourth-order valence-electron chi connectivity index (χ4n) is 3.25. The molecule has 0 aliphatic heterocycles. The van der Waals surface area contributed by atoms with Gasteiger partial charge in [-0.15, -0.1) is 0 Å². The van der Waals surface area contributed by atoms with E-state index in [9.17, 15) is 0 Å². The number of fused-ring (bicyclic) bond motifs is 1. The van der Waals surface area contributed by atoms with Gasteiger partial charge in [0.15, 0.2) is 0 Å². The lowest BCUT2D eigenvalue weighted by Gasteiger charge is -2.24. The van der Waals surface area contributed by atoms with Crippen LogP contribution in [-0.2, 0) is 5.41 Å². The van der Waals surface area contributed by atoms with E-state index in [4.69, 9.17) is 4.98 Å². The number of aromatic nitrogens is 1. The maximum absolute atomic E-state index is 5.05. The molecule has 0 fully saturated rings. The highest BCUT2D eigenvalue weighted by molar-refractivity contribution is 5.86. The van der Waals surface area contributed by atoms with Gasteiger partial charge in [0, 0.05) is 10.9 Å². The van der Waals surface area contributed by atoms with E-state index in [1.54, 1.807) is 0 Å². The standard InChI is InChI=1S/C22H25N/c1-14-10-15(2)12-17(11-14)21-19(22(4,5)6)13-18-16(3)8-7-9-20(18)23-21/h7-13H,1-6H3. The first-order valence-corrected chi connectivity index (χ1v) is 8.25. The normalized spacial score (nSPS) is 11.9. The number of nitrogens with zero attached hydrogens (tertiary/aromatic N) is 1. The second-order valence-corrected chi connectivity index (χ2v) is 7.65. The largest absolute Gasteiger partial charge is 0.247 e. The molecule has 118 valence electrons. The molecular formula is C22H25N. The molecule has 0 unspecified atom stereocenters. The summed E-state index contributed by atoms with van der Waals surface area (Å²) >= 11 is 0. The van der Waals surface area contributed by atoms with Crippen LogP contribution in [0.5, 0.6) is 0 Å². The van der Waals surface area contributed by atoms with E-state index in [-0.39, 0.29) is 5.41 Å². The van der Waals surface area contributed by atoms with Gasteiger partial charge >= 0.3 is 0 Å². The van der Waals surface area contributed by atoms with Crippen LogP contribution in [-0.4, -0.2) is 4.98 Å². The van der Waals surface area contributed by atoms with Gasteiger partial charge in [0.1, 0.15) is 0 Å². The maximum Gasteiger partial charge on any atom is 0.0747 e. The second-order valence-electron chi connectivity index (χ2n) is 7.65. The number of hydrogen-bond donors (Lipinski definition) is 0. The van der Waals surface area contributed by atoms with E-state index in [0.29, 0.717) is 0 Å². The smallest absolute Gasteiger partial charge is 0.0747 e. The summed E-state index contributed by atoms with van der Waals surface area (Å²) in [5, 5.41) is 1.26. The highest BCUT2D eigenvalue weighted by Crippen LogP contribution is 2.35. The zero-order chi connectivity index (χ0) is 16.8. The van der Waals surface area contributed by atoms with Gasteiger partial charge in [0.05, 0.1) is 11.2 Å². The minimum absolute atomic E-state index is 0.0520. The molecule has 3 aromatic rings. The van der Waals surface area contributed by atoms with Crippen molar-refractivity contribution in [1.82, 2.24) is 4.98 Å². The van der Waals surface area contributed by atoms with Crippen LogP contribution in [0.3, 0.4) is 0 Å². The molecule has 0 saturated carbocycles. The third-order valence-electron chi connectivity index (χ3n) is 4.38. The lowest BCUT2D eigenvalue weighted by molar-refractivity contribution is 0.591. The highest BCUT2D eigenvalue weighted by atomic mass is 14.7. The van der Waals surface area contributed by atoms with Gasteiger partial charge in [-0.05, 0) is 61.6 Å². The van der Waals surface area contributed by atoms with Crippen LogP contribution in [0.25, 0.3) is 22.2 Å². The van der Waals surface area contributed by atoms with E-state index >= 15 is 0 Å². The van der Waals surface area contributed by atoms with Crippen molar-refractivity contribution in [2.75, 3.05) is 0 Å². The Kier molecular flexibility index (Phi) is 3.75. The van der Waals surface area contributed by atoms with Crippen molar-refractivity contribution in [3.05, 3.63) is 64.7 Å². The van der Waals surface area contributed by atoms with Gasteiger partial charge in [-0.2, -0.15) is 0 Å². The summed E-state index contributed by atoms with van der Waals surface area (Å²) in [6.07, 6.45) is 0. The number of pyridine rings is 1. The first kappa shape index (κ1) is 15.7. The van der Waals surface area contributed by atoms with Crippen molar-refractivity contribution < 1.29 is 0 Å². The van der Waals surface area contributed by atoms with Crippen LogP contribution >= 0.6 is 0 Å². The molecule has 23 heavy (non-hydrogen) atoms. The number of rotatable bonds is 1. The maximum atomic E-state index is 5.05. The molecule has 0 bridgehead atoms. The molecule has 1 nitrogen and oxygen atoms in total. The van der Waals surface area contributed by atoms with Crippen LogP contribution in [0.4, 0.5) is 0 Å². The summed E-state index contributed by atoms with van der Waals surface area (Å²) in [6.45, 7) is 13.3. The van der Waals surface area contributed by atoms with Gasteiger partial charge in [-0.25, -0.2) is 4.98 Å². The average molecular weight is 303 g/mol. The summed E-state index contributed by atoms with van der Waals surface area (Å²) in [4.78, 5) is 5.05. The Labute approximate surface area is 139 Å². The molecule has 1 aromatic heterocycles. The summed E-state index contributed by atoms with van der Waals surface area (Å²) in [6, 6.07) is 15.4. The minimum Gasteiger partial charge on any atom is -0.247 e. The van der Waals surface area contributed by atoms with Gasteiger partial charge in [-0.3, -0.25) is 0 Å². The Morgan fingerprint density at radius 1 is 0.826 bits per heavy atom. The molecule has 1 heterocycles. The van der Waals surface area contributed by atoms with E-state index in [2.05, 4.69) is 84.0 Å². The van der Waals surface area contributed by atoms with Gasteiger partial charge in [-0.1, -0.05) is 50.1 Å². The van der Waals surface area contributed by atoms with Crippen molar-refractivity contribution in [1.29, 1.82) is 0 Å². The first-order valence-electron chi connectivity index (χ1n) is 8.25. The number of aryl methyl sites for hydroxylation is 3. The average Bonchev–Trinajstić information content (AvgIpc) is 2.44. The predicted molar refractivity (Wildman–Crippen MR) is 100 cm³/mol. The summed E-state index contributed by atoms with van der Waals surface area (Å²) < 4.78 is 0. The molecule has 0 spiro atoms. The van der Waals surface area contributed by atoms with E-state index in [1.807, 2.05) is 0 Å².